The number of hydrogen-bond donors (Lipinski definition) is 2. The van der Waals surface area contributed by atoms with E-state index in [1.54, 1.807) is 18.3 Å². The molecule has 0 aromatic heterocycles. The number of benzene rings is 1. The molecule has 0 atom stereocenters. The van der Waals surface area contributed by atoms with E-state index < -0.39 is 12.1 Å². The molecule has 1 rings (SSSR count). The van der Waals surface area contributed by atoms with E-state index in [-0.39, 0.29) is 11.6 Å². The third-order valence-corrected chi connectivity index (χ3v) is 4.15. The number of hydrazone groups is 1. The zero-order valence-electron chi connectivity index (χ0n) is 16.4. The molecule has 2 N–H and O–H groups in total. The number of nitrogens with one attached hydrogen (secondary N) is 2. The summed E-state index contributed by atoms with van der Waals surface area (Å²) in [5.41, 5.74) is 3.39. The average Bonchev–Trinajstić information content (AvgIpc) is 2.64. The number of alkyl halides is 3. The van der Waals surface area contributed by atoms with Crippen molar-refractivity contribution in [1.29, 1.82) is 0 Å². The second-order valence-electron chi connectivity index (χ2n) is 6.64. The summed E-state index contributed by atoms with van der Waals surface area (Å²) in [5.74, 6) is -2.24. The Hall–Kier alpha value is -2.38. The van der Waals surface area contributed by atoms with Crippen molar-refractivity contribution >= 4 is 23.2 Å². The molecule has 0 radical (unpaired) electrons. The van der Waals surface area contributed by atoms with Crippen LogP contribution in [0.25, 0.3) is 0 Å². The molecule has 1 aromatic rings. The topological polar surface area (TPSA) is 70.6 Å². The zero-order chi connectivity index (χ0) is 21.0. The van der Waals surface area contributed by atoms with Gasteiger partial charge in [0, 0.05) is 12.1 Å². The van der Waals surface area contributed by atoms with E-state index in [9.17, 15) is 22.8 Å². The van der Waals surface area contributed by atoms with Gasteiger partial charge in [0.1, 0.15) is 0 Å². The van der Waals surface area contributed by atoms with Gasteiger partial charge in [-0.05, 0) is 31.0 Å². The first-order chi connectivity index (χ1) is 13.2. The number of nitrogens with zero attached hydrogens (tertiary/aromatic N) is 1. The molecule has 156 valence electrons. The van der Waals surface area contributed by atoms with Crippen molar-refractivity contribution in [1.82, 2.24) is 5.43 Å². The molecule has 28 heavy (non-hydrogen) atoms. The molecule has 0 aliphatic carbocycles. The van der Waals surface area contributed by atoms with Crippen molar-refractivity contribution in [3.63, 3.8) is 0 Å². The molecular weight excluding hydrogens is 371 g/mol. The third kappa shape index (κ3) is 9.53. The van der Waals surface area contributed by atoms with Crippen LogP contribution in [0.4, 0.5) is 18.9 Å². The van der Waals surface area contributed by atoms with Crippen molar-refractivity contribution in [2.75, 3.05) is 5.32 Å². The van der Waals surface area contributed by atoms with Crippen LogP contribution >= 0.6 is 0 Å². The van der Waals surface area contributed by atoms with Gasteiger partial charge in [0.05, 0.1) is 5.71 Å². The standard InChI is InChI=1S/C20H28F3N3O2/c1-3-4-5-6-7-8-9-13-18(27)26-25-15(2)16-11-10-12-17(14-16)24-19(28)20(21,22)23/h10-12,14H,3-9,13H2,1-2H3,(H,24,28)(H,26,27)/b25-15-. The minimum atomic E-state index is -4.96. The summed E-state index contributed by atoms with van der Waals surface area (Å²) in [4.78, 5) is 22.8. The molecular formula is C20H28F3N3O2. The lowest BCUT2D eigenvalue weighted by Crippen LogP contribution is -2.29. The summed E-state index contributed by atoms with van der Waals surface area (Å²) in [6, 6.07) is 5.84. The maximum atomic E-state index is 12.3. The number of unbranched alkanes of at least 4 members (excludes halogenated alkanes) is 6. The minimum absolute atomic E-state index is 0.00349. The molecule has 0 bridgehead atoms. The van der Waals surface area contributed by atoms with Crippen molar-refractivity contribution in [2.24, 2.45) is 5.10 Å². The normalized spacial score (nSPS) is 12.0. The highest BCUT2D eigenvalue weighted by molar-refractivity contribution is 6.01. The van der Waals surface area contributed by atoms with Gasteiger partial charge in [-0.15, -0.1) is 0 Å². The molecule has 0 fully saturated rings. The van der Waals surface area contributed by atoms with Gasteiger partial charge in [-0.1, -0.05) is 57.6 Å². The molecule has 0 saturated heterocycles. The Morgan fingerprint density at radius 3 is 2.32 bits per heavy atom. The van der Waals surface area contributed by atoms with Gasteiger partial charge < -0.3 is 5.32 Å². The summed E-state index contributed by atoms with van der Waals surface area (Å²) < 4.78 is 37.0. The molecule has 0 heterocycles. The second kappa shape index (κ2) is 12.2. The van der Waals surface area contributed by atoms with E-state index in [2.05, 4.69) is 17.5 Å². The van der Waals surface area contributed by atoms with Crippen LogP contribution < -0.4 is 10.7 Å². The fourth-order valence-corrected chi connectivity index (χ4v) is 2.53. The van der Waals surface area contributed by atoms with Gasteiger partial charge in [0.2, 0.25) is 5.91 Å². The fraction of sp³-hybridized carbons (Fsp3) is 0.550. The SMILES string of the molecule is CCCCCCCCCC(=O)N/N=C(/C)c1cccc(NC(=O)C(F)(F)F)c1. The Morgan fingerprint density at radius 1 is 1.04 bits per heavy atom. The van der Waals surface area contributed by atoms with Gasteiger partial charge in [0.25, 0.3) is 0 Å². The predicted octanol–water partition coefficient (Wildman–Crippen LogP) is 5.17. The number of anilines is 1. The van der Waals surface area contributed by atoms with Crippen molar-refractivity contribution in [3.05, 3.63) is 29.8 Å². The van der Waals surface area contributed by atoms with Crippen LogP contribution in [-0.2, 0) is 9.59 Å². The van der Waals surface area contributed by atoms with Crippen LogP contribution in [0.3, 0.4) is 0 Å². The highest BCUT2D eigenvalue weighted by Crippen LogP contribution is 2.19. The first-order valence-electron chi connectivity index (χ1n) is 9.55. The Balaban J connectivity index is 2.45. The summed E-state index contributed by atoms with van der Waals surface area (Å²) in [5, 5.41) is 5.77. The molecule has 0 unspecified atom stereocenters. The lowest BCUT2D eigenvalue weighted by atomic mass is 10.1. The van der Waals surface area contributed by atoms with Crippen LogP contribution in [-0.4, -0.2) is 23.7 Å². The third-order valence-electron chi connectivity index (χ3n) is 4.15. The highest BCUT2D eigenvalue weighted by Gasteiger charge is 2.38. The van der Waals surface area contributed by atoms with E-state index in [0.717, 1.165) is 19.3 Å². The van der Waals surface area contributed by atoms with E-state index in [1.165, 1.54) is 43.9 Å². The molecule has 2 amide bonds. The fourth-order valence-electron chi connectivity index (χ4n) is 2.53. The smallest absolute Gasteiger partial charge is 0.318 e. The number of halogens is 3. The van der Waals surface area contributed by atoms with Crippen LogP contribution in [0, 0.1) is 0 Å². The highest BCUT2D eigenvalue weighted by atomic mass is 19.4. The molecule has 0 aliphatic heterocycles. The summed E-state index contributed by atoms with van der Waals surface area (Å²) in [6.45, 7) is 3.79. The second-order valence-corrected chi connectivity index (χ2v) is 6.64. The first kappa shape index (κ1) is 23.7. The number of rotatable bonds is 11. The van der Waals surface area contributed by atoms with E-state index in [0.29, 0.717) is 17.7 Å². The van der Waals surface area contributed by atoms with E-state index in [4.69, 9.17) is 0 Å². The molecule has 0 aliphatic rings. The summed E-state index contributed by atoms with van der Waals surface area (Å²) >= 11 is 0. The van der Waals surface area contributed by atoms with Gasteiger partial charge in [-0.3, -0.25) is 9.59 Å². The Bertz CT molecular complexity index is 673. The monoisotopic (exact) mass is 399 g/mol. The van der Waals surface area contributed by atoms with Crippen molar-refractivity contribution < 1.29 is 22.8 Å². The van der Waals surface area contributed by atoms with Crippen molar-refractivity contribution in [3.8, 4) is 0 Å². The molecule has 8 heteroatoms. The van der Waals surface area contributed by atoms with Gasteiger partial charge >= 0.3 is 12.1 Å². The number of carbonyl (C=O) groups is 2. The Labute approximate surface area is 163 Å². The maximum absolute atomic E-state index is 12.3. The lowest BCUT2D eigenvalue weighted by molar-refractivity contribution is -0.167. The summed E-state index contributed by atoms with van der Waals surface area (Å²) in [7, 11) is 0. The van der Waals surface area contributed by atoms with Crippen LogP contribution in [0.2, 0.25) is 0 Å². The Morgan fingerprint density at radius 2 is 1.68 bits per heavy atom. The maximum Gasteiger partial charge on any atom is 0.471 e. The van der Waals surface area contributed by atoms with Gasteiger partial charge in [-0.25, -0.2) is 5.43 Å². The van der Waals surface area contributed by atoms with Crippen LogP contribution in [0.15, 0.2) is 29.4 Å². The predicted molar refractivity (Wildman–Crippen MR) is 104 cm³/mol. The van der Waals surface area contributed by atoms with Gasteiger partial charge in [0.15, 0.2) is 0 Å². The van der Waals surface area contributed by atoms with Crippen LogP contribution in [0.1, 0.15) is 70.8 Å². The average molecular weight is 399 g/mol. The number of carbonyl (C=O) groups excluding carboxylic acids is 2. The van der Waals surface area contributed by atoms with E-state index in [1.807, 2.05) is 0 Å². The lowest BCUT2D eigenvalue weighted by Gasteiger charge is -2.09. The molecule has 0 spiro atoms. The van der Waals surface area contributed by atoms with E-state index >= 15 is 0 Å². The largest absolute Gasteiger partial charge is 0.471 e. The quantitative estimate of drug-likeness (QED) is 0.306. The molecule has 1 aromatic carbocycles. The van der Waals surface area contributed by atoms with Gasteiger partial charge in [-0.2, -0.15) is 18.3 Å². The van der Waals surface area contributed by atoms with Crippen molar-refractivity contribution in [2.45, 2.75) is 71.4 Å². The summed E-state index contributed by atoms with van der Waals surface area (Å²) in [6.07, 6.45) is 3.21. The first-order valence-corrected chi connectivity index (χ1v) is 9.55. The zero-order valence-corrected chi connectivity index (χ0v) is 16.4. The number of amides is 2. The minimum Gasteiger partial charge on any atom is -0.318 e. The number of hydrogen-bond acceptors (Lipinski definition) is 3. The van der Waals surface area contributed by atoms with Crippen LogP contribution in [0.5, 0.6) is 0 Å². The Kier molecular flexibility index (Phi) is 10.3. The molecule has 0 saturated carbocycles. The molecule has 5 nitrogen and oxygen atoms in total.